The van der Waals surface area contributed by atoms with E-state index in [0.717, 1.165) is 41.9 Å². The topological polar surface area (TPSA) is 69.6 Å². The van der Waals surface area contributed by atoms with E-state index < -0.39 is 0 Å². The summed E-state index contributed by atoms with van der Waals surface area (Å²) in [5, 5.41) is 9.76. The van der Waals surface area contributed by atoms with E-state index in [9.17, 15) is 4.79 Å². The van der Waals surface area contributed by atoms with Gasteiger partial charge in [0.25, 0.3) is 0 Å². The Morgan fingerprint density at radius 1 is 1.21 bits per heavy atom. The lowest BCUT2D eigenvalue weighted by molar-refractivity contribution is -0.138. The fourth-order valence-electron chi connectivity index (χ4n) is 3.74. The number of rotatable bonds is 6. The molecule has 1 aliphatic rings. The number of carbonyl (C=O) groups excluding carboxylic acids is 1. The van der Waals surface area contributed by atoms with Crippen molar-refractivity contribution < 1.29 is 4.79 Å². The van der Waals surface area contributed by atoms with Crippen LogP contribution in [0.2, 0.25) is 0 Å². The number of aromatic nitrogens is 1. The molecule has 0 atom stereocenters. The minimum absolute atomic E-state index is 0.208. The molecule has 0 aliphatic heterocycles. The smallest absolute Gasteiger partial charge is 0.230 e. The van der Waals surface area contributed by atoms with E-state index in [-0.39, 0.29) is 11.3 Å². The molecule has 1 saturated carbocycles. The van der Waals surface area contributed by atoms with Crippen LogP contribution in [0.3, 0.4) is 0 Å². The summed E-state index contributed by atoms with van der Waals surface area (Å²) in [5.74, 6) is 0.909. The molecule has 7 heteroatoms. The third-order valence-corrected chi connectivity index (χ3v) is 6.19. The lowest BCUT2D eigenvalue weighted by Gasteiger charge is -2.31. The quantitative estimate of drug-likeness (QED) is 0.578. The van der Waals surface area contributed by atoms with Gasteiger partial charge in [-0.2, -0.15) is 0 Å². The fourth-order valence-corrected chi connectivity index (χ4v) is 4.57. The summed E-state index contributed by atoms with van der Waals surface area (Å²) >= 11 is 1.64. The van der Waals surface area contributed by atoms with E-state index in [1.807, 2.05) is 32.3 Å². The van der Waals surface area contributed by atoms with E-state index in [0.29, 0.717) is 19.0 Å². The number of aliphatic imine (C=N–C) groups is 1. The number of carbonyl (C=O) groups is 1. The maximum Gasteiger partial charge on any atom is 0.230 e. The highest BCUT2D eigenvalue weighted by molar-refractivity contribution is 7.13. The van der Waals surface area contributed by atoms with Crippen molar-refractivity contribution in [1.82, 2.24) is 20.5 Å². The third kappa shape index (κ3) is 4.70. The van der Waals surface area contributed by atoms with Gasteiger partial charge in [0.1, 0.15) is 5.01 Å². The molecular formula is C21H29N5OS. The Morgan fingerprint density at radius 3 is 2.57 bits per heavy atom. The number of nitrogens with zero attached hydrogens (tertiary/aromatic N) is 3. The predicted molar refractivity (Wildman–Crippen MR) is 115 cm³/mol. The van der Waals surface area contributed by atoms with Crippen molar-refractivity contribution in [2.45, 2.75) is 32.2 Å². The zero-order valence-corrected chi connectivity index (χ0v) is 17.7. The van der Waals surface area contributed by atoms with Crippen molar-refractivity contribution in [2.75, 3.05) is 27.7 Å². The van der Waals surface area contributed by atoms with Crippen LogP contribution in [0.5, 0.6) is 0 Å². The number of nitrogens with one attached hydrogen (secondary N) is 2. The van der Waals surface area contributed by atoms with E-state index >= 15 is 0 Å². The molecule has 1 amide bonds. The molecule has 0 saturated heterocycles. The van der Waals surface area contributed by atoms with Crippen LogP contribution in [0.25, 0.3) is 10.6 Å². The van der Waals surface area contributed by atoms with Gasteiger partial charge in [-0.25, -0.2) is 4.98 Å². The zero-order chi connectivity index (χ0) is 20.0. The number of thiazole rings is 1. The van der Waals surface area contributed by atoms with Crippen LogP contribution in [0, 0.1) is 5.41 Å². The van der Waals surface area contributed by atoms with Gasteiger partial charge in [-0.05, 0) is 12.8 Å². The summed E-state index contributed by atoms with van der Waals surface area (Å²) in [5.41, 5.74) is 1.79. The van der Waals surface area contributed by atoms with Crippen LogP contribution in [0.4, 0.5) is 0 Å². The molecule has 1 fully saturated rings. The van der Waals surface area contributed by atoms with Gasteiger partial charge in [0.15, 0.2) is 5.96 Å². The van der Waals surface area contributed by atoms with Crippen molar-refractivity contribution in [3.8, 4) is 10.6 Å². The summed E-state index contributed by atoms with van der Waals surface area (Å²) in [4.78, 5) is 23.4. The van der Waals surface area contributed by atoms with Crippen molar-refractivity contribution in [1.29, 1.82) is 0 Å². The van der Waals surface area contributed by atoms with Gasteiger partial charge in [-0.15, -0.1) is 11.3 Å². The second-order valence-electron chi connectivity index (χ2n) is 7.48. The Morgan fingerprint density at radius 2 is 1.93 bits per heavy atom. The number of hydrogen-bond acceptors (Lipinski definition) is 4. The minimum Gasteiger partial charge on any atom is -0.355 e. The van der Waals surface area contributed by atoms with E-state index in [1.54, 1.807) is 23.3 Å². The average molecular weight is 400 g/mol. The second-order valence-corrected chi connectivity index (χ2v) is 8.33. The minimum atomic E-state index is -0.317. The molecule has 28 heavy (non-hydrogen) atoms. The number of amides is 1. The predicted octanol–water partition coefficient (Wildman–Crippen LogP) is 3.12. The van der Waals surface area contributed by atoms with Crippen LogP contribution in [-0.2, 0) is 11.3 Å². The van der Waals surface area contributed by atoms with Gasteiger partial charge < -0.3 is 15.5 Å². The Kier molecular flexibility index (Phi) is 6.67. The standard InChI is InChI=1S/C21H29N5OS/c1-22-20(24-15-21(11-7-8-12-21)19(27)26(2)3)23-13-17-14-28-18(25-17)16-9-5-4-6-10-16/h4-6,9-10,14H,7-8,11-13,15H2,1-3H3,(H2,22,23,24). The number of guanidine groups is 1. The first-order valence-electron chi connectivity index (χ1n) is 9.70. The maximum atomic E-state index is 12.7. The highest BCUT2D eigenvalue weighted by Crippen LogP contribution is 2.38. The van der Waals surface area contributed by atoms with Gasteiger partial charge in [0.05, 0.1) is 17.7 Å². The SMILES string of the molecule is CN=C(NCc1csc(-c2ccccc2)n1)NCC1(C(=O)N(C)C)CCCC1. The Hall–Kier alpha value is -2.41. The van der Waals surface area contributed by atoms with Crippen molar-refractivity contribution in [3.63, 3.8) is 0 Å². The van der Waals surface area contributed by atoms with Crippen molar-refractivity contribution >= 4 is 23.2 Å². The summed E-state index contributed by atoms with van der Waals surface area (Å²) in [6.45, 7) is 1.20. The molecular weight excluding hydrogens is 370 g/mol. The second kappa shape index (κ2) is 9.19. The van der Waals surface area contributed by atoms with E-state index in [1.165, 1.54) is 0 Å². The normalized spacial score (nSPS) is 16.0. The van der Waals surface area contributed by atoms with Gasteiger partial charge >= 0.3 is 0 Å². The average Bonchev–Trinajstić information content (AvgIpc) is 3.38. The van der Waals surface area contributed by atoms with Gasteiger partial charge in [0, 0.05) is 38.6 Å². The number of hydrogen-bond donors (Lipinski definition) is 2. The molecule has 1 aromatic carbocycles. The number of benzene rings is 1. The fraction of sp³-hybridized carbons (Fsp3) is 0.476. The van der Waals surface area contributed by atoms with E-state index in [2.05, 4.69) is 33.1 Å². The van der Waals surface area contributed by atoms with Gasteiger partial charge in [-0.3, -0.25) is 9.79 Å². The summed E-state index contributed by atoms with van der Waals surface area (Å²) in [6, 6.07) is 10.2. The molecule has 2 N–H and O–H groups in total. The van der Waals surface area contributed by atoms with Crippen LogP contribution < -0.4 is 10.6 Å². The summed E-state index contributed by atoms with van der Waals surface area (Å²) in [7, 11) is 5.42. The van der Waals surface area contributed by atoms with Crippen molar-refractivity contribution in [2.24, 2.45) is 10.4 Å². The molecule has 1 aliphatic carbocycles. The molecule has 6 nitrogen and oxygen atoms in total. The maximum absolute atomic E-state index is 12.7. The first kappa shape index (κ1) is 20.3. The Bertz CT molecular complexity index is 809. The molecule has 0 unspecified atom stereocenters. The summed E-state index contributed by atoms with van der Waals surface area (Å²) in [6.07, 6.45) is 4.07. The largest absolute Gasteiger partial charge is 0.355 e. The highest BCUT2D eigenvalue weighted by atomic mass is 32.1. The van der Waals surface area contributed by atoms with Crippen LogP contribution >= 0.6 is 11.3 Å². The third-order valence-electron chi connectivity index (χ3n) is 5.25. The van der Waals surface area contributed by atoms with Crippen LogP contribution in [-0.4, -0.2) is 49.4 Å². The highest BCUT2D eigenvalue weighted by Gasteiger charge is 2.42. The summed E-state index contributed by atoms with van der Waals surface area (Å²) < 4.78 is 0. The van der Waals surface area contributed by atoms with Crippen LogP contribution in [0.1, 0.15) is 31.4 Å². The van der Waals surface area contributed by atoms with Gasteiger partial charge in [-0.1, -0.05) is 43.2 Å². The Labute approximate surface area is 171 Å². The molecule has 0 bridgehead atoms. The first-order chi connectivity index (χ1) is 13.5. The molecule has 0 spiro atoms. The van der Waals surface area contributed by atoms with Gasteiger partial charge in [0.2, 0.25) is 5.91 Å². The molecule has 1 aromatic heterocycles. The molecule has 150 valence electrons. The lowest BCUT2D eigenvalue weighted by Crippen LogP contribution is -2.49. The zero-order valence-electron chi connectivity index (χ0n) is 16.9. The Balaban J connectivity index is 1.57. The molecule has 1 heterocycles. The van der Waals surface area contributed by atoms with Crippen molar-refractivity contribution in [3.05, 3.63) is 41.4 Å². The first-order valence-corrected chi connectivity index (χ1v) is 10.6. The lowest BCUT2D eigenvalue weighted by atomic mass is 9.84. The van der Waals surface area contributed by atoms with Crippen LogP contribution in [0.15, 0.2) is 40.7 Å². The van der Waals surface area contributed by atoms with E-state index in [4.69, 9.17) is 4.98 Å². The molecule has 0 radical (unpaired) electrons. The monoisotopic (exact) mass is 399 g/mol. The molecule has 3 rings (SSSR count). The molecule has 2 aromatic rings.